The van der Waals surface area contributed by atoms with E-state index in [0.717, 1.165) is 35.6 Å². The zero-order valence-corrected chi connectivity index (χ0v) is 12.7. The van der Waals surface area contributed by atoms with Crippen LogP contribution >= 0.6 is 11.3 Å². The van der Waals surface area contributed by atoms with E-state index in [1.54, 1.807) is 11.3 Å². The van der Waals surface area contributed by atoms with Gasteiger partial charge in [-0.2, -0.15) is 0 Å². The molecule has 2 aromatic rings. The molecule has 1 aromatic carbocycles. The Kier molecular flexibility index (Phi) is 5.08. The maximum absolute atomic E-state index is 12.8. The highest BCUT2D eigenvalue weighted by Gasteiger charge is 2.17. The van der Waals surface area contributed by atoms with Crippen molar-refractivity contribution in [3.05, 3.63) is 52.5 Å². The summed E-state index contributed by atoms with van der Waals surface area (Å²) >= 11 is 1.60. The zero-order chi connectivity index (χ0) is 15.3. The van der Waals surface area contributed by atoms with Crippen LogP contribution in [0.2, 0.25) is 0 Å². The van der Waals surface area contributed by atoms with E-state index in [2.05, 4.69) is 0 Å². The van der Waals surface area contributed by atoms with Gasteiger partial charge in [0.2, 0.25) is 5.91 Å². The van der Waals surface area contributed by atoms with Gasteiger partial charge in [-0.1, -0.05) is 6.07 Å². The summed E-state index contributed by atoms with van der Waals surface area (Å²) in [4.78, 5) is 12.7. The second-order valence-electron chi connectivity index (χ2n) is 4.42. The molecule has 0 spiro atoms. The van der Waals surface area contributed by atoms with Crippen molar-refractivity contribution in [2.45, 2.75) is 24.2 Å². The van der Waals surface area contributed by atoms with E-state index in [4.69, 9.17) is 0 Å². The monoisotopic (exact) mass is 327 g/mol. The smallest absolute Gasteiger partial charge is 0.264 e. The highest BCUT2D eigenvalue weighted by Crippen LogP contribution is 2.13. The molecule has 0 saturated carbocycles. The summed E-state index contributed by atoms with van der Waals surface area (Å²) in [6, 6.07) is 8.22. The summed E-state index contributed by atoms with van der Waals surface area (Å²) in [6.45, 7) is 0. The van der Waals surface area contributed by atoms with Crippen LogP contribution in [0.5, 0.6) is 0 Å². The highest BCUT2D eigenvalue weighted by atomic mass is 32.2. The molecule has 0 atom stereocenters. The van der Waals surface area contributed by atoms with Gasteiger partial charge >= 0.3 is 0 Å². The molecule has 0 radical (unpaired) electrons. The zero-order valence-electron chi connectivity index (χ0n) is 11.1. The molecule has 4 nitrogen and oxygen atoms in total. The molecule has 0 aliphatic carbocycles. The standard InChI is InChI=1S/C14H14FNO3S2/c15-11-6-8-13(9-7-11)21(18,19)16-14(17)5-1-3-12-4-2-10-20-12/h2,4,6-10H,1,3,5H2,(H,16,17). The second kappa shape index (κ2) is 6.82. The number of carbonyl (C=O) groups excluding carboxylic acids is 1. The number of amides is 1. The van der Waals surface area contributed by atoms with Gasteiger partial charge in [0.15, 0.2) is 0 Å². The fourth-order valence-corrected chi connectivity index (χ4v) is 3.52. The van der Waals surface area contributed by atoms with E-state index in [0.29, 0.717) is 6.42 Å². The Morgan fingerprint density at radius 3 is 2.52 bits per heavy atom. The number of hydrogen-bond donors (Lipinski definition) is 1. The van der Waals surface area contributed by atoms with Gasteiger partial charge in [-0.25, -0.2) is 17.5 Å². The minimum Gasteiger partial charge on any atom is -0.274 e. The van der Waals surface area contributed by atoms with Crippen molar-refractivity contribution in [3.8, 4) is 0 Å². The van der Waals surface area contributed by atoms with Crippen molar-refractivity contribution in [1.82, 2.24) is 4.72 Å². The average molecular weight is 327 g/mol. The number of aryl methyl sites for hydroxylation is 1. The lowest BCUT2D eigenvalue weighted by molar-refractivity contribution is -0.119. The SMILES string of the molecule is O=C(CCCc1cccs1)NS(=O)(=O)c1ccc(F)cc1. The van der Waals surface area contributed by atoms with Gasteiger partial charge in [-0.05, 0) is 48.6 Å². The van der Waals surface area contributed by atoms with Crippen molar-refractivity contribution in [3.63, 3.8) is 0 Å². The number of benzene rings is 1. The lowest BCUT2D eigenvalue weighted by Gasteiger charge is -2.06. The van der Waals surface area contributed by atoms with Gasteiger partial charge in [-0.15, -0.1) is 11.3 Å². The maximum Gasteiger partial charge on any atom is 0.264 e. The predicted octanol–water partition coefficient (Wildman–Crippen LogP) is 2.72. The van der Waals surface area contributed by atoms with E-state index >= 15 is 0 Å². The van der Waals surface area contributed by atoms with Gasteiger partial charge in [0.05, 0.1) is 4.90 Å². The van der Waals surface area contributed by atoms with Crippen molar-refractivity contribution >= 4 is 27.3 Å². The molecular weight excluding hydrogens is 313 g/mol. The molecule has 0 aliphatic heterocycles. The third-order valence-electron chi connectivity index (χ3n) is 2.78. The third kappa shape index (κ3) is 4.64. The summed E-state index contributed by atoms with van der Waals surface area (Å²) in [6.07, 6.45) is 1.44. The molecule has 7 heteroatoms. The van der Waals surface area contributed by atoms with Gasteiger partial charge in [0.25, 0.3) is 10.0 Å². The van der Waals surface area contributed by atoms with Crippen LogP contribution in [0.3, 0.4) is 0 Å². The first kappa shape index (κ1) is 15.7. The van der Waals surface area contributed by atoms with Crippen LogP contribution < -0.4 is 4.72 Å². The van der Waals surface area contributed by atoms with E-state index < -0.39 is 21.7 Å². The molecule has 1 aromatic heterocycles. The van der Waals surface area contributed by atoms with Crippen LogP contribution in [0.4, 0.5) is 4.39 Å². The summed E-state index contributed by atoms with van der Waals surface area (Å²) in [7, 11) is -3.92. The van der Waals surface area contributed by atoms with Gasteiger partial charge in [0, 0.05) is 11.3 Å². The fourth-order valence-electron chi connectivity index (χ4n) is 1.75. The number of sulfonamides is 1. The van der Waals surface area contributed by atoms with Crippen molar-refractivity contribution in [2.75, 3.05) is 0 Å². The topological polar surface area (TPSA) is 63.2 Å². The lowest BCUT2D eigenvalue weighted by atomic mass is 10.2. The Balaban J connectivity index is 1.87. The van der Waals surface area contributed by atoms with E-state index in [-0.39, 0.29) is 11.3 Å². The van der Waals surface area contributed by atoms with E-state index in [1.165, 1.54) is 0 Å². The van der Waals surface area contributed by atoms with Gasteiger partial charge < -0.3 is 0 Å². The molecular formula is C14H14FNO3S2. The average Bonchev–Trinajstić information content (AvgIpc) is 2.92. The van der Waals surface area contributed by atoms with Crippen LogP contribution in [-0.2, 0) is 21.2 Å². The predicted molar refractivity (Wildman–Crippen MR) is 79.0 cm³/mol. The Morgan fingerprint density at radius 1 is 1.19 bits per heavy atom. The normalized spacial score (nSPS) is 11.3. The number of nitrogens with one attached hydrogen (secondary N) is 1. The summed E-state index contributed by atoms with van der Waals surface area (Å²) < 4.78 is 38.5. The van der Waals surface area contributed by atoms with Crippen LogP contribution in [0, 0.1) is 5.82 Å². The largest absolute Gasteiger partial charge is 0.274 e. The number of hydrogen-bond acceptors (Lipinski definition) is 4. The van der Waals surface area contributed by atoms with Crippen LogP contribution in [0.25, 0.3) is 0 Å². The lowest BCUT2D eigenvalue weighted by Crippen LogP contribution is -2.30. The number of thiophene rings is 1. The first-order chi connectivity index (χ1) is 9.97. The number of carbonyl (C=O) groups is 1. The van der Waals surface area contributed by atoms with Gasteiger partial charge in [0.1, 0.15) is 5.82 Å². The molecule has 2 rings (SSSR count). The minimum absolute atomic E-state index is 0.123. The number of halogens is 1. The Hall–Kier alpha value is -1.73. The Labute approximate surface area is 126 Å². The van der Waals surface area contributed by atoms with Crippen molar-refractivity contribution in [1.29, 1.82) is 0 Å². The third-order valence-corrected chi connectivity index (χ3v) is 5.10. The first-order valence-electron chi connectivity index (χ1n) is 6.31. The summed E-state index contributed by atoms with van der Waals surface area (Å²) in [5.74, 6) is -1.09. The molecule has 0 bridgehead atoms. The van der Waals surface area contributed by atoms with E-state index in [9.17, 15) is 17.6 Å². The Morgan fingerprint density at radius 2 is 1.90 bits per heavy atom. The van der Waals surface area contributed by atoms with Crippen LogP contribution in [0.15, 0.2) is 46.7 Å². The molecule has 1 heterocycles. The molecule has 21 heavy (non-hydrogen) atoms. The molecule has 1 N–H and O–H groups in total. The summed E-state index contributed by atoms with van der Waals surface area (Å²) in [5, 5.41) is 1.95. The highest BCUT2D eigenvalue weighted by molar-refractivity contribution is 7.90. The molecule has 1 amide bonds. The molecule has 0 unspecified atom stereocenters. The van der Waals surface area contributed by atoms with Crippen molar-refractivity contribution in [2.24, 2.45) is 0 Å². The quantitative estimate of drug-likeness (QED) is 0.887. The Bertz CT molecular complexity index is 694. The number of rotatable bonds is 6. The first-order valence-corrected chi connectivity index (χ1v) is 8.67. The van der Waals surface area contributed by atoms with Crippen molar-refractivity contribution < 1.29 is 17.6 Å². The van der Waals surface area contributed by atoms with E-state index in [1.807, 2.05) is 22.2 Å². The van der Waals surface area contributed by atoms with Crippen LogP contribution in [0.1, 0.15) is 17.7 Å². The minimum atomic E-state index is -3.92. The fraction of sp³-hybridized carbons (Fsp3) is 0.214. The summed E-state index contributed by atoms with van der Waals surface area (Å²) in [5.41, 5.74) is 0. The molecule has 0 aliphatic rings. The molecule has 0 fully saturated rings. The van der Waals surface area contributed by atoms with Crippen LogP contribution in [-0.4, -0.2) is 14.3 Å². The maximum atomic E-state index is 12.8. The molecule has 112 valence electrons. The second-order valence-corrected chi connectivity index (χ2v) is 7.13. The van der Waals surface area contributed by atoms with Gasteiger partial charge in [-0.3, -0.25) is 4.79 Å². The molecule has 0 saturated heterocycles.